The highest BCUT2D eigenvalue weighted by molar-refractivity contribution is 6.35. The number of halogens is 2. The molecule has 2 N–H and O–H groups in total. The number of piperidine rings is 1. The van der Waals surface area contributed by atoms with E-state index in [0.717, 1.165) is 25.9 Å². The summed E-state index contributed by atoms with van der Waals surface area (Å²) in [5.74, 6) is 1.43. The maximum Gasteiger partial charge on any atom is 0.232 e. The van der Waals surface area contributed by atoms with Crippen molar-refractivity contribution in [3.05, 3.63) is 22.3 Å². The number of pyridine rings is 1. The Bertz CT molecular complexity index is 522. The van der Waals surface area contributed by atoms with Crippen LogP contribution in [0.25, 0.3) is 0 Å². The molecule has 0 radical (unpaired) electrons. The summed E-state index contributed by atoms with van der Waals surface area (Å²) in [5.41, 5.74) is 0. The lowest BCUT2D eigenvalue weighted by molar-refractivity contribution is -0.122. The summed E-state index contributed by atoms with van der Waals surface area (Å²) in [7, 11) is 0. The molecule has 0 bridgehead atoms. The van der Waals surface area contributed by atoms with Crippen LogP contribution in [-0.2, 0) is 4.79 Å². The standard InChI is InChI=1S/C16H23Cl2N3O2/c1-11(12-2-4-19-5-3-12)8-15(22)20-6-7-23-16-14(18)9-13(17)10-21-16/h9-12,19H,2-8H2,1H3,(H,20,22). The second kappa shape index (κ2) is 9.30. The first-order valence-corrected chi connectivity index (χ1v) is 8.73. The van der Waals surface area contributed by atoms with Gasteiger partial charge in [0.05, 0.1) is 11.6 Å². The monoisotopic (exact) mass is 359 g/mol. The molecule has 1 atom stereocenters. The molecule has 23 heavy (non-hydrogen) atoms. The fourth-order valence-electron chi connectivity index (χ4n) is 2.79. The summed E-state index contributed by atoms with van der Waals surface area (Å²) in [5, 5.41) is 7.05. The van der Waals surface area contributed by atoms with Crippen LogP contribution in [-0.4, -0.2) is 37.1 Å². The Morgan fingerprint density at radius 3 is 2.91 bits per heavy atom. The third-order valence-corrected chi connectivity index (χ3v) is 4.61. The van der Waals surface area contributed by atoms with Crippen LogP contribution < -0.4 is 15.4 Å². The molecule has 1 aliphatic rings. The summed E-state index contributed by atoms with van der Waals surface area (Å²) < 4.78 is 5.44. The second-order valence-electron chi connectivity index (χ2n) is 5.91. The van der Waals surface area contributed by atoms with E-state index in [1.165, 1.54) is 6.20 Å². The molecule has 1 aromatic rings. The Balaban J connectivity index is 1.64. The predicted molar refractivity (Wildman–Crippen MR) is 92.1 cm³/mol. The van der Waals surface area contributed by atoms with Gasteiger partial charge in [0, 0.05) is 12.6 Å². The molecule has 1 amide bonds. The zero-order chi connectivity index (χ0) is 16.7. The number of hydrogen-bond donors (Lipinski definition) is 2. The fourth-order valence-corrected chi connectivity index (χ4v) is 3.23. The van der Waals surface area contributed by atoms with Gasteiger partial charge in [0.15, 0.2) is 0 Å². The van der Waals surface area contributed by atoms with Gasteiger partial charge in [0.1, 0.15) is 11.6 Å². The molecular formula is C16H23Cl2N3O2. The summed E-state index contributed by atoms with van der Waals surface area (Å²) in [4.78, 5) is 16.0. The Kier molecular flexibility index (Phi) is 7.40. The molecule has 1 saturated heterocycles. The lowest BCUT2D eigenvalue weighted by Gasteiger charge is -2.27. The topological polar surface area (TPSA) is 63.2 Å². The highest BCUT2D eigenvalue weighted by Crippen LogP contribution is 2.25. The SMILES string of the molecule is CC(CC(=O)NCCOc1ncc(Cl)cc1Cl)C1CCNCC1. The van der Waals surface area contributed by atoms with Crippen LogP contribution in [0.3, 0.4) is 0 Å². The smallest absolute Gasteiger partial charge is 0.232 e. The van der Waals surface area contributed by atoms with E-state index in [2.05, 4.69) is 22.5 Å². The van der Waals surface area contributed by atoms with Crippen molar-refractivity contribution >= 4 is 29.1 Å². The number of nitrogens with zero attached hydrogens (tertiary/aromatic N) is 1. The molecule has 1 aromatic heterocycles. The van der Waals surface area contributed by atoms with Crippen molar-refractivity contribution in [2.45, 2.75) is 26.2 Å². The average molecular weight is 360 g/mol. The third-order valence-electron chi connectivity index (χ3n) is 4.13. The molecule has 2 heterocycles. The van der Waals surface area contributed by atoms with Gasteiger partial charge in [-0.25, -0.2) is 4.98 Å². The van der Waals surface area contributed by atoms with Crippen LogP contribution in [0.1, 0.15) is 26.2 Å². The van der Waals surface area contributed by atoms with E-state index in [0.29, 0.717) is 47.3 Å². The van der Waals surface area contributed by atoms with Crippen molar-refractivity contribution in [3.63, 3.8) is 0 Å². The van der Waals surface area contributed by atoms with Gasteiger partial charge in [-0.15, -0.1) is 0 Å². The zero-order valence-electron chi connectivity index (χ0n) is 13.3. The van der Waals surface area contributed by atoms with Crippen molar-refractivity contribution in [1.29, 1.82) is 0 Å². The van der Waals surface area contributed by atoms with E-state index < -0.39 is 0 Å². The van der Waals surface area contributed by atoms with Crippen LogP contribution in [0.2, 0.25) is 10.0 Å². The molecule has 1 unspecified atom stereocenters. The van der Waals surface area contributed by atoms with Crippen molar-refractivity contribution < 1.29 is 9.53 Å². The van der Waals surface area contributed by atoms with Crippen molar-refractivity contribution in [1.82, 2.24) is 15.6 Å². The summed E-state index contributed by atoms with van der Waals surface area (Å²) in [6, 6.07) is 1.57. The number of aromatic nitrogens is 1. The minimum atomic E-state index is 0.0646. The lowest BCUT2D eigenvalue weighted by atomic mass is 9.84. The van der Waals surface area contributed by atoms with E-state index in [1.807, 2.05) is 0 Å². The van der Waals surface area contributed by atoms with Gasteiger partial charge in [-0.3, -0.25) is 4.79 Å². The number of ether oxygens (including phenoxy) is 1. The van der Waals surface area contributed by atoms with E-state index >= 15 is 0 Å². The number of hydrogen-bond acceptors (Lipinski definition) is 4. The van der Waals surface area contributed by atoms with Crippen LogP contribution in [0.5, 0.6) is 5.88 Å². The second-order valence-corrected chi connectivity index (χ2v) is 6.75. The first-order valence-electron chi connectivity index (χ1n) is 7.97. The zero-order valence-corrected chi connectivity index (χ0v) is 14.8. The molecule has 1 fully saturated rings. The van der Waals surface area contributed by atoms with Gasteiger partial charge < -0.3 is 15.4 Å². The predicted octanol–water partition coefficient (Wildman–Crippen LogP) is 2.91. The molecule has 7 heteroatoms. The average Bonchev–Trinajstić information content (AvgIpc) is 2.54. The first kappa shape index (κ1) is 18.3. The lowest BCUT2D eigenvalue weighted by Crippen LogP contribution is -2.34. The van der Waals surface area contributed by atoms with Gasteiger partial charge in [-0.05, 0) is 43.8 Å². The van der Waals surface area contributed by atoms with Gasteiger partial charge >= 0.3 is 0 Å². The molecule has 0 saturated carbocycles. The molecule has 5 nitrogen and oxygen atoms in total. The molecule has 0 aromatic carbocycles. The Hall–Kier alpha value is -1.04. The van der Waals surface area contributed by atoms with Gasteiger partial charge in [0.2, 0.25) is 11.8 Å². The van der Waals surface area contributed by atoms with E-state index in [4.69, 9.17) is 27.9 Å². The van der Waals surface area contributed by atoms with Crippen LogP contribution >= 0.6 is 23.2 Å². The molecule has 128 valence electrons. The normalized spacial score (nSPS) is 16.8. The fraction of sp³-hybridized carbons (Fsp3) is 0.625. The number of carbonyl (C=O) groups is 1. The van der Waals surface area contributed by atoms with Crippen molar-refractivity contribution in [2.24, 2.45) is 11.8 Å². The number of rotatable bonds is 7. The van der Waals surface area contributed by atoms with Gasteiger partial charge in [-0.2, -0.15) is 0 Å². The summed E-state index contributed by atoms with van der Waals surface area (Å²) >= 11 is 11.7. The molecule has 0 spiro atoms. The minimum Gasteiger partial charge on any atom is -0.475 e. The third kappa shape index (κ3) is 6.16. The summed E-state index contributed by atoms with van der Waals surface area (Å²) in [6.07, 6.45) is 4.34. The van der Waals surface area contributed by atoms with Crippen LogP contribution in [0, 0.1) is 11.8 Å². The largest absolute Gasteiger partial charge is 0.475 e. The van der Waals surface area contributed by atoms with E-state index in [1.54, 1.807) is 6.07 Å². The molecule has 2 rings (SSSR count). The molecular weight excluding hydrogens is 337 g/mol. The summed E-state index contributed by atoms with van der Waals surface area (Å²) in [6.45, 7) is 5.02. The quantitative estimate of drug-likeness (QED) is 0.734. The molecule has 0 aliphatic carbocycles. The highest BCUT2D eigenvalue weighted by Gasteiger charge is 2.21. The number of carbonyl (C=O) groups excluding carboxylic acids is 1. The first-order chi connectivity index (χ1) is 11.1. The van der Waals surface area contributed by atoms with Crippen molar-refractivity contribution in [3.8, 4) is 5.88 Å². The van der Waals surface area contributed by atoms with Crippen molar-refractivity contribution in [2.75, 3.05) is 26.2 Å². The maximum atomic E-state index is 12.0. The Morgan fingerprint density at radius 2 is 2.22 bits per heavy atom. The van der Waals surface area contributed by atoms with Crippen LogP contribution in [0.4, 0.5) is 0 Å². The maximum absolute atomic E-state index is 12.0. The Labute approximate surface area is 147 Å². The highest BCUT2D eigenvalue weighted by atomic mass is 35.5. The molecule has 1 aliphatic heterocycles. The number of amides is 1. The van der Waals surface area contributed by atoms with Crippen LogP contribution in [0.15, 0.2) is 12.3 Å². The minimum absolute atomic E-state index is 0.0646. The van der Waals surface area contributed by atoms with Gasteiger partial charge in [-0.1, -0.05) is 30.1 Å². The van der Waals surface area contributed by atoms with E-state index in [9.17, 15) is 4.79 Å². The Morgan fingerprint density at radius 1 is 1.48 bits per heavy atom. The van der Waals surface area contributed by atoms with E-state index in [-0.39, 0.29) is 5.91 Å². The number of nitrogens with one attached hydrogen (secondary N) is 2. The van der Waals surface area contributed by atoms with Gasteiger partial charge in [0.25, 0.3) is 0 Å².